The average molecular weight is 334 g/mol. The molecule has 0 unspecified atom stereocenters. The quantitative estimate of drug-likeness (QED) is 0.426. The molecule has 0 aromatic heterocycles. The molecule has 4 nitrogen and oxygen atoms in total. The summed E-state index contributed by atoms with van der Waals surface area (Å²) in [6, 6.07) is 11.4. The number of hydrogen-bond acceptors (Lipinski definition) is 4. The summed E-state index contributed by atoms with van der Waals surface area (Å²) in [6.07, 6.45) is 8.49. The normalized spacial score (nSPS) is 9.25. The zero-order valence-electron chi connectivity index (χ0n) is 14.7. The van der Waals surface area contributed by atoms with Gasteiger partial charge in [-0.15, -0.1) is 0 Å². The highest BCUT2D eigenvalue weighted by Crippen LogP contribution is 2.13. The van der Waals surface area contributed by atoms with Crippen LogP contribution in [0, 0.1) is 0 Å². The molecule has 24 heavy (non-hydrogen) atoms. The van der Waals surface area contributed by atoms with E-state index in [0.29, 0.717) is 0 Å². The van der Waals surface area contributed by atoms with E-state index in [4.69, 9.17) is 20.4 Å². The summed E-state index contributed by atoms with van der Waals surface area (Å²) in [5.74, 6) is 0.677. The Morgan fingerprint density at radius 2 is 0.667 bits per heavy atom. The molecule has 0 aliphatic carbocycles. The van der Waals surface area contributed by atoms with Gasteiger partial charge in [-0.2, -0.15) is 0 Å². The van der Waals surface area contributed by atoms with Gasteiger partial charge in [0.05, 0.1) is 0 Å². The topological polar surface area (TPSA) is 80.9 Å². The van der Waals surface area contributed by atoms with Gasteiger partial charge in [-0.1, -0.05) is 52.4 Å². The first-order chi connectivity index (χ1) is 11.5. The molecule has 0 aliphatic rings. The monoisotopic (exact) mass is 334 g/mol. The Balaban J connectivity index is 0.000000331. The van der Waals surface area contributed by atoms with Gasteiger partial charge in [-0.3, -0.25) is 0 Å². The molecule has 4 heteroatoms. The van der Waals surface area contributed by atoms with Crippen LogP contribution in [0.15, 0.2) is 48.5 Å². The Kier molecular flexibility index (Phi) is 12.8. The molecule has 0 fully saturated rings. The lowest BCUT2D eigenvalue weighted by Crippen LogP contribution is -1.73. The van der Waals surface area contributed by atoms with Crippen LogP contribution < -0.4 is 0 Å². The molecule has 0 radical (unpaired) electrons. The maximum Gasteiger partial charge on any atom is 0.115 e. The smallest absolute Gasteiger partial charge is 0.115 e. The van der Waals surface area contributed by atoms with Crippen LogP contribution in [-0.4, -0.2) is 20.4 Å². The molecule has 0 amide bonds. The van der Waals surface area contributed by atoms with Crippen LogP contribution >= 0.6 is 0 Å². The standard InChI is InChI=1S/C8H18.2C6H6O2/c1-3-5-7-8-6-4-2;2*7-5-1-2-6(8)4-3-5/h3-8H2,1-2H3;2*1-4,7-8H. The molecular weight excluding hydrogens is 304 g/mol. The first-order valence-electron chi connectivity index (χ1n) is 8.45. The minimum Gasteiger partial charge on any atom is -0.508 e. The van der Waals surface area contributed by atoms with Crippen LogP contribution in [0.4, 0.5) is 0 Å². The summed E-state index contributed by atoms with van der Waals surface area (Å²) in [5.41, 5.74) is 0. The zero-order valence-corrected chi connectivity index (χ0v) is 14.7. The highest BCUT2D eigenvalue weighted by Gasteiger charge is 1.85. The van der Waals surface area contributed by atoms with Crippen LogP contribution in [0.1, 0.15) is 52.4 Å². The Hall–Kier alpha value is -2.36. The number of phenols is 4. The molecule has 2 aromatic rings. The van der Waals surface area contributed by atoms with Crippen molar-refractivity contribution in [2.75, 3.05) is 0 Å². The fourth-order valence-electron chi connectivity index (χ4n) is 1.76. The SMILES string of the molecule is CCCCCCCC.Oc1ccc(O)cc1.Oc1ccc(O)cc1. The van der Waals surface area contributed by atoms with E-state index in [0.717, 1.165) is 0 Å². The van der Waals surface area contributed by atoms with Crippen LogP contribution in [0.3, 0.4) is 0 Å². The fourth-order valence-corrected chi connectivity index (χ4v) is 1.76. The van der Waals surface area contributed by atoms with Gasteiger partial charge < -0.3 is 20.4 Å². The highest BCUT2D eigenvalue weighted by molar-refractivity contribution is 5.29. The van der Waals surface area contributed by atoms with Crippen molar-refractivity contribution in [2.45, 2.75) is 52.4 Å². The molecule has 0 spiro atoms. The van der Waals surface area contributed by atoms with E-state index in [2.05, 4.69) is 13.8 Å². The zero-order chi connectivity index (χ0) is 18.2. The molecule has 4 N–H and O–H groups in total. The first kappa shape index (κ1) is 21.6. The van der Waals surface area contributed by atoms with Crippen molar-refractivity contribution in [3.63, 3.8) is 0 Å². The minimum absolute atomic E-state index is 0.169. The summed E-state index contributed by atoms with van der Waals surface area (Å²) in [4.78, 5) is 0. The number of rotatable bonds is 5. The molecule has 0 bridgehead atoms. The fraction of sp³-hybridized carbons (Fsp3) is 0.400. The predicted molar refractivity (Wildman–Crippen MR) is 98.6 cm³/mol. The third kappa shape index (κ3) is 13.3. The van der Waals surface area contributed by atoms with Gasteiger partial charge in [0.15, 0.2) is 0 Å². The second-order valence-corrected chi connectivity index (χ2v) is 5.45. The lowest BCUT2D eigenvalue weighted by molar-refractivity contribution is 0.460. The third-order valence-corrected chi connectivity index (χ3v) is 3.16. The van der Waals surface area contributed by atoms with Crippen LogP contribution in [0.25, 0.3) is 0 Å². The number of phenolic OH excluding ortho intramolecular Hbond substituents is 4. The largest absolute Gasteiger partial charge is 0.508 e. The maximum absolute atomic E-state index is 8.65. The predicted octanol–water partition coefficient (Wildman–Crippen LogP) is 5.56. The van der Waals surface area contributed by atoms with Gasteiger partial charge in [0.25, 0.3) is 0 Å². The summed E-state index contributed by atoms with van der Waals surface area (Å²) < 4.78 is 0. The Labute approximate surface area is 145 Å². The number of hydrogen-bond donors (Lipinski definition) is 4. The van der Waals surface area contributed by atoms with E-state index in [-0.39, 0.29) is 23.0 Å². The van der Waals surface area contributed by atoms with Gasteiger partial charge in [0.1, 0.15) is 23.0 Å². The second kappa shape index (κ2) is 14.2. The van der Waals surface area contributed by atoms with Crippen LogP contribution in [0.5, 0.6) is 23.0 Å². The molecular formula is C20H30O4. The Morgan fingerprint density at radius 3 is 0.833 bits per heavy atom. The summed E-state index contributed by atoms with van der Waals surface area (Å²) in [6.45, 7) is 4.51. The van der Waals surface area contributed by atoms with Gasteiger partial charge >= 0.3 is 0 Å². The van der Waals surface area contributed by atoms with Gasteiger partial charge in [0.2, 0.25) is 0 Å². The van der Waals surface area contributed by atoms with E-state index in [1.807, 2.05) is 0 Å². The van der Waals surface area contributed by atoms with Gasteiger partial charge in [-0.25, -0.2) is 0 Å². The van der Waals surface area contributed by atoms with Gasteiger partial charge in [-0.05, 0) is 48.5 Å². The van der Waals surface area contributed by atoms with Crippen molar-refractivity contribution in [1.82, 2.24) is 0 Å². The van der Waals surface area contributed by atoms with Crippen LogP contribution in [0.2, 0.25) is 0 Å². The van der Waals surface area contributed by atoms with E-state index >= 15 is 0 Å². The number of unbranched alkanes of at least 4 members (excludes halogenated alkanes) is 5. The van der Waals surface area contributed by atoms with Crippen molar-refractivity contribution in [3.8, 4) is 23.0 Å². The summed E-state index contributed by atoms with van der Waals surface area (Å²) in [7, 11) is 0. The molecule has 0 aliphatic heterocycles. The Morgan fingerprint density at radius 1 is 0.458 bits per heavy atom. The van der Waals surface area contributed by atoms with Crippen molar-refractivity contribution in [2.24, 2.45) is 0 Å². The summed E-state index contributed by atoms with van der Waals surface area (Å²) >= 11 is 0. The maximum atomic E-state index is 8.65. The molecule has 0 atom stereocenters. The second-order valence-electron chi connectivity index (χ2n) is 5.45. The molecule has 0 saturated heterocycles. The minimum atomic E-state index is 0.169. The molecule has 0 heterocycles. The lowest BCUT2D eigenvalue weighted by Gasteiger charge is -1.93. The molecule has 2 rings (SSSR count). The van der Waals surface area contributed by atoms with Crippen molar-refractivity contribution < 1.29 is 20.4 Å². The number of benzene rings is 2. The highest BCUT2D eigenvalue weighted by atomic mass is 16.3. The van der Waals surface area contributed by atoms with E-state index in [1.54, 1.807) is 0 Å². The Bertz CT molecular complexity index is 415. The van der Waals surface area contributed by atoms with Crippen LogP contribution in [-0.2, 0) is 0 Å². The van der Waals surface area contributed by atoms with Crippen molar-refractivity contribution in [1.29, 1.82) is 0 Å². The summed E-state index contributed by atoms with van der Waals surface area (Å²) in [5, 5.41) is 34.6. The van der Waals surface area contributed by atoms with Crippen molar-refractivity contribution in [3.05, 3.63) is 48.5 Å². The van der Waals surface area contributed by atoms with Crippen molar-refractivity contribution >= 4 is 0 Å². The first-order valence-corrected chi connectivity index (χ1v) is 8.45. The molecule has 0 saturated carbocycles. The number of aromatic hydroxyl groups is 4. The van der Waals surface area contributed by atoms with E-state index < -0.39 is 0 Å². The third-order valence-electron chi connectivity index (χ3n) is 3.16. The molecule has 2 aromatic carbocycles. The van der Waals surface area contributed by atoms with Gasteiger partial charge in [0, 0.05) is 0 Å². The lowest BCUT2D eigenvalue weighted by atomic mass is 10.1. The molecule has 134 valence electrons. The van der Waals surface area contributed by atoms with E-state index in [9.17, 15) is 0 Å². The van der Waals surface area contributed by atoms with E-state index in [1.165, 1.54) is 87.1 Å². The average Bonchev–Trinajstić information content (AvgIpc) is 2.58.